The standard InChI is InChI=1S/C22H35N7O2/c1-16(2)8-12-28-18-19(24-21(28)27-11-6-7-17(23)15-27)29(22(31)25(3)20(18)30)14-13-26-9-4-5-10-26/h8,17H,4-7,9-15,23H2,1-3H3. The predicted molar refractivity (Wildman–Crippen MR) is 124 cm³/mol. The summed E-state index contributed by atoms with van der Waals surface area (Å²) in [5.41, 5.74) is 7.80. The van der Waals surface area contributed by atoms with Crippen molar-refractivity contribution in [2.24, 2.45) is 12.8 Å². The zero-order valence-electron chi connectivity index (χ0n) is 19.0. The Hall–Kier alpha value is -2.39. The van der Waals surface area contributed by atoms with Gasteiger partial charge < -0.3 is 20.1 Å². The molecule has 2 fully saturated rings. The summed E-state index contributed by atoms with van der Waals surface area (Å²) in [6.07, 6.45) is 6.48. The molecular formula is C22H35N7O2. The number of anilines is 1. The topological polar surface area (TPSA) is 94.3 Å². The maximum absolute atomic E-state index is 13.2. The van der Waals surface area contributed by atoms with E-state index in [2.05, 4.69) is 15.9 Å². The molecule has 170 valence electrons. The second-order valence-corrected chi connectivity index (χ2v) is 9.17. The second kappa shape index (κ2) is 9.00. The Labute approximate surface area is 182 Å². The summed E-state index contributed by atoms with van der Waals surface area (Å²) in [7, 11) is 1.56. The van der Waals surface area contributed by atoms with Crippen LogP contribution in [0.2, 0.25) is 0 Å². The number of hydrogen-bond donors (Lipinski definition) is 1. The largest absolute Gasteiger partial charge is 0.341 e. The summed E-state index contributed by atoms with van der Waals surface area (Å²) in [5, 5.41) is 0. The van der Waals surface area contributed by atoms with Gasteiger partial charge in [0.05, 0.1) is 0 Å². The molecule has 0 radical (unpaired) electrons. The van der Waals surface area contributed by atoms with Crippen molar-refractivity contribution < 1.29 is 0 Å². The Kier molecular flexibility index (Phi) is 6.34. The SMILES string of the molecule is CC(C)=CCn1c(N2CCCC(N)C2)nc2c1c(=O)n(C)c(=O)n2CCN1CCCC1. The Bertz CT molecular complexity index is 1080. The van der Waals surface area contributed by atoms with Crippen LogP contribution in [0.1, 0.15) is 39.5 Å². The highest BCUT2D eigenvalue weighted by molar-refractivity contribution is 5.75. The van der Waals surface area contributed by atoms with Crippen LogP contribution in [0.5, 0.6) is 0 Å². The maximum atomic E-state index is 13.2. The van der Waals surface area contributed by atoms with E-state index in [0.717, 1.165) is 45.0 Å². The van der Waals surface area contributed by atoms with E-state index in [9.17, 15) is 9.59 Å². The number of likely N-dealkylation sites (tertiary alicyclic amines) is 1. The molecule has 2 aromatic rings. The summed E-state index contributed by atoms with van der Waals surface area (Å²) in [6, 6.07) is 0.0886. The molecule has 0 bridgehead atoms. The Morgan fingerprint density at radius 3 is 2.52 bits per heavy atom. The lowest BCUT2D eigenvalue weighted by molar-refractivity contribution is 0.320. The van der Waals surface area contributed by atoms with Crippen molar-refractivity contribution in [3.05, 3.63) is 32.5 Å². The van der Waals surface area contributed by atoms with E-state index < -0.39 is 0 Å². The van der Waals surface area contributed by atoms with Crippen molar-refractivity contribution in [1.29, 1.82) is 0 Å². The van der Waals surface area contributed by atoms with Gasteiger partial charge in [-0.1, -0.05) is 11.6 Å². The minimum Gasteiger partial charge on any atom is -0.341 e. The van der Waals surface area contributed by atoms with Crippen molar-refractivity contribution in [1.82, 2.24) is 23.6 Å². The number of piperidine rings is 1. The van der Waals surface area contributed by atoms with Crippen LogP contribution in [0.25, 0.3) is 11.2 Å². The van der Waals surface area contributed by atoms with Crippen LogP contribution in [0.15, 0.2) is 21.2 Å². The molecule has 31 heavy (non-hydrogen) atoms. The Morgan fingerprint density at radius 1 is 1.10 bits per heavy atom. The molecule has 0 saturated carbocycles. The van der Waals surface area contributed by atoms with E-state index in [1.54, 1.807) is 11.6 Å². The number of hydrogen-bond acceptors (Lipinski definition) is 6. The van der Waals surface area contributed by atoms with E-state index >= 15 is 0 Å². The van der Waals surface area contributed by atoms with Crippen molar-refractivity contribution in [2.75, 3.05) is 37.6 Å². The highest BCUT2D eigenvalue weighted by Crippen LogP contribution is 2.23. The normalized spacial score (nSPS) is 20.0. The van der Waals surface area contributed by atoms with E-state index in [4.69, 9.17) is 10.7 Å². The van der Waals surface area contributed by atoms with Crippen LogP contribution in [0, 0.1) is 0 Å². The maximum Gasteiger partial charge on any atom is 0.332 e. The average Bonchev–Trinajstić information content (AvgIpc) is 3.38. The molecule has 0 amide bonds. The summed E-state index contributed by atoms with van der Waals surface area (Å²) in [5.74, 6) is 0.736. The molecule has 4 heterocycles. The molecular weight excluding hydrogens is 394 g/mol. The molecule has 2 N–H and O–H groups in total. The molecule has 1 unspecified atom stereocenters. The molecule has 2 aromatic heterocycles. The van der Waals surface area contributed by atoms with Gasteiger partial charge in [0.15, 0.2) is 11.2 Å². The number of imidazole rings is 1. The first kappa shape index (κ1) is 21.8. The highest BCUT2D eigenvalue weighted by Gasteiger charge is 2.26. The Morgan fingerprint density at radius 2 is 1.84 bits per heavy atom. The summed E-state index contributed by atoms with van der Waals surface area (Å²) >= 11 is 0. The highest BCUT2D eigenvalue weighted by atomic mass is 16.2. The minimum atomic E-state index is -0.301. The van der Waals surface area contributed by atoms with Gasteiger partial charge in [0.1, 0.15) is 0 Å². The summed E-state index contributed by atoms with van der Waals surface area (Å²) in [6.45, 7) is 9.63. The van der Waals surface area contributed by atoms with Crippen LogP contribution >= 0.6 is 0 Å². The summed E-state index contributed by atoms with van der Waals surface area (Å²) in [4.78, 5) is 35.7. The second-order valence-electron chi connectivity index (χ2n) is 9.17. The first-order valence-corrected chi connectivity index (χ1v) is 11.4. The lowest BCUT2D eigenvalue weighted by Gasteiger charge is -2.31. The van der Waals surface area contributed by atoms with Crippen LogP contribution in [0.3, 0.4) is 0 Å². The number of fused-ring (bicyclic) bond motifs is 1. The first-order valence-electron chi connectivity index (χ1n) is 11.4. The molecule has 1 atom stereocenters. The van der Waals surface area contributed by atoms with E-state index in [1.807, 2.05) is 18.4 Å². The monoisotopic (exact) mass is 429 g/mol. The fraction of sp³-hybridized carbons (Fsp3) is 0.682. The Balaban J connectivity index is 1.85. The predicted octanol–water partition coefficient (Wildman–Crippen LogP) is 0.886. The molecule has 2 aliphatic rings. The molecule has 2 saturated heterocycles. The minimum absolute atomic E-state index is 0.0886. The van der Waals surface area contributed by atoms with Gasteiger partial charge >= 0.3 is 5.69 Å². The molecule has 0 spiro atoms. The number of nitrogens with zero attached hydrogens (tertiary/aromatic N) is 6. The molecule has 2 aliphatic heterocycles. The van der Waals surface area contributed by atoms with Gasteiger partial charge in [-0.2, -0.15) is 4.98 Å². The third kappa shape index (κ3) is 4.34. The molecule has 0 aliphatic carbocycles. The molecule has 9 heteroatoms. The van der Waals surface area contributed by atoms with Gasteiger partial charge in [0.2, 0.25) is 5.95 Å². The quantitative estimate of drug-likeness (QED) is 0.686. The van der Waals surface area contributed by atoms with E-state index in [1.165, 1.54) is 23.0 Å². The third-order valence-electron chi connectivity index (χ3n) is 6.47. The molecule has 0 aromatic carbocycles. The van der Waals surface area contributed by atoms with Gasteiger partial charge in [-0.05, 0) is 52.6 Å². The van der Waals surface area contributed by atoms with Gasteiger partial charge in [0, 0.05) is 45.8 Å². The lowest BCUT2D eigenvalue weighted by atomic mass is 10.1. The van der Waals surface area contributed by atoms with Crippen molar-refractivity contribution in [2.45, 2.75) is 58.7 Å². The number of allylic oxidation sites excluding steroid dienone is 2. The molecule has 4 rings (SSSR count). The van der Waals surface area contributed by atoms with Crippen LogP contribution in [-0.2, 0) is 20.1 Å². The van der Waals surface area contributed by atoms with Gasteiger partial charge in [-0.3, -0.25) is 13.9 Å². The number of aromatic nitrogens is 4. The fourth-order valence-corrected chi connectivity index (χ4v) is 4.67. The average molecular weight is 430 g/mol. The van der Waals surface area contributed by atoms with Gasteiger partial charge in [-0.25, -0.2) is 4.79 Å². The number of rotatable bonds is 6. The van der Waals surface area contributed by atoms with Crippen LogP contribution in [-0.4, -0.2) is 62.4 Å². The van der Waals surface area contributed by atoms with Gasteiger partial charge in [0.25, 0.3) is 5.56 Å². The zero-order chi connectivity index (χ0) is 22.1. The van der Waals surface area contributed by atoms with Crippen molar-refractivity contribution >= 4 is 17.1 Å². The van der Waals surface area contributed by atoms with Crippen molar-refractivity contribution in [3.8, 4) is 0 Å². The van der Waals surface area contributed by atoms with E-state index in [-0.39, 0.29) is 17.3 Å². The van der Waals surface area contributed by atoms with Crippen molar-refractivity contribution in [3.63, 3.8) is 0 Å². The summed E-state index contributed by atoms with van der Waals surface area (Å²) < 4.78 is 4.87. The third-order valence-corrected chi connectivity index (χ3v) is 6.47. The number of nitrogens with two attached hydrogens (primary N) is 1. The van der Waals surface area contributed by atoms with Gasteiger partial charge in [-0.15, -0.1) is 0 Å². The molecule has 9 nitrogen and oxygen atoms in total. The smallest absolute Gasteiger partial charge is 0.332 e. The van der Waals surface area contributed by atoms with Crippen LogP contribution in [0.4, 0.5) is 5.95 Å². The van der Waals surface area contributed by atoms with E-state index in [0.29, 0.717) is 30.8 Å². The zero-order valence-corrected chi connectivity index (χ0v) is 19.0. The fourth-order valence-electron chi connectivity index (χ4n) is 4.67. The lowest BCUT2D eigenvalue weighted by Crippen LogP contribution is -2.44. The first-order chi connectivity index (χ1) is 14.9. The van der Waals surface area contributed by atoms with Crippen LogP contribution < -0.4 is 21.9 Å².